The molecule has 0 unspecified atom stereocenters. The number of aliphatic hydroxyl groups is 1. The number of β-amino-alcohol motifs (C(OH)–C–C–N with tert-alkyl or cyclic N) is 1. The molecule has 0 spiro atoms. The van der Waals surface area contributed by atoms with E-state index in [-0.39, 0.29) is 18.6 Å². The highest BCUT2D eigenvalue weighted by Gasteiger charge is 2.29. The van der Waals surface area contributed by atoms with E-state index in [1.807, 2.05) is 0 Å². The van der Waals surface area contributed by atoms with Crippen LogP contribution in [0.2, 0.25) is 0 Å². The molecule has 1 fully saturated rings. The number of hydrogen-bond acceptors (Lipinski definition) is 5. The fourth-order valence-corrected chi connectivity index (χ4v) is 1.52. The van der Waals surface area contributed by atoms with Gasteiger partial charge in [-0.2, -0.15) is 0 Å². The van der Waals surface area contributed by atoms with Gasteiger partial charge in [0, 0.05) is 32.5 Å². The van der Waals surface area contributed by atoms with E-state index in [0.29, 0.717) is 19.0 Å². The Hall–Kier alpha value is -1.69. The minimum atomic E-state index is -0.359. The van der Waals surface area contributed by atoms with E-state index < -0.39 is 0 Å². The number of likely N-dealkylation sites (N-methyl/N-ethyl adjacent to an activating group) is 1. The summed E-state index contributed by atoms with van der Waals surface area (Å²) >= 11 is 0. The predicted octanol–water partition coefficient (Wildman–Crippen LogP) is -0.884. The molecule has 2 rings (SSSR count). The minimum Gasteiger partial charge on any atom is -0.389 e. The molecule has 0 bridgehead atoms. The lowest BCUT2D eigenvalue weighted by Crippen LogP contribution is -2.55. The van der Waals surface area contributed by atoms with Gasteiger partial charge in [0.2, 0.25) is 11.9 Å². The summed E-state index contributed by atoms with van der Waals surface area (Å²) in [6, 6.07) is 1.73. The lowest BCUT2D eigenvalue weighted by atomic mass is 10.2. The number of rotatable bonds is 3. The highest BCUT2D eigenvalue weighted by Crippen LogP contribution is 2.09. The molecule has 1 aromatic heterocycles. The molecule has 0 atom stereocenters. The van der Waals surface area contributed by atoms with Crippen LogP contribution in [-0.2, 0) is 4.79 Å². The van der Waals surface area contributed by atoms with Gasteiger partial charge in [-0.05, 0) is 6.07 Å². The zero-order valence-corrected chi connectivity index (χ0v) is 9.08. The number of aromatic nitrogens is 2. The highest BCUT2D eigenvalue weighted by molar-refractivity contribution is 5.81. The maximum Gasteiger partial charge on any atom is 0.242 e. The number of aliphatic hydroxyl groups excluding tert-OH is 1. The van der Waals surface area contributed by atoms with Crippen molar-refractivity contribution in [2.75, 3.05) is 31.6 Å². The van der Waals surface area contributed by atoms with Gasteiger partial charge < -0.3 is 14.9 Å². The van der Waals surface area contributed by atoms with Gasteiger partial charge in [0.05, 0.1) is 12.6 Å². The maximum absolute atomic E-state index is 11.7. The molecule has 1 aromatic rings. The van der Waals surface area contributed by atoms with Gasteiger partial charge in [0.25, 0.3) is 0 Å². The van der Waals surface area contributed by atoms with Crippen molar-refractivity contribution in [3.8, 4) is 0 Å². The molecule has 0 aromatic carbocycles. The number of hydrogen-bond donors (Lipinski definition) is 1. The van der Waals surface area contributed by atoms with Crippen LogP contribution in [0.25, 0.3) is 0 Å². The summed E-state index contributed by atoms with van der Waals surface area (Å²) < 4.78 is 0. The van der Waals surface area contributed by atoms with Crippen molar-refractivity contribution >= 4 is 11.9 Å². The van der Waals surface area contributed by atoms with Crippen LogP contribution < -0.4 is 4.90 Å². The van der Waals surface area contributed by atoms with Crippen molar-refractivity contribution in [1.82, 2.24) is 14.9 Å². The zero-order valence-electron chi connectivity index (χ0n) is 9.08. The van der Waals surface area contributed by atoms with Crippen LogP contribution in [-0.4, -0.2) is 58.7 Å². The third-order valence-corrected chi connectivity index (χ3v) is 2.48. The maximum atomic E-state index is 11.7. The molecule has 86 valence electrons. The summed E-state index contributed by atoms with van der Waals surface area (Å²) in [7, 11) is 1.77. The van der Waals surface area contributed by atoms with Gasteiger partial charge in [-0.3, -0.25) is 4.79 Å². The monoisotopic (exact) mass is 222 g/mol. The summed E-state index contributed by atoms with van der Waals surface area (Å²) in [4.78, 5) is 23.1. The SMILES string of the molecule is CN(CC(=O)N1CC(O)C1)c1ncccn1. The first-order valence-corrected chi connectivity index (χ1v) is 5.11. The van der Waals surface area contributed by atoms with Crippen molar-refractivity contribution < 1.29 is 9.90 Å². The first-order valence-electron chi connectivity index (χ1n) is 5.11. The van der Waals surface area contributed by atoms with Gasteiger partial charge in [-0.1, -0.05) is 0 Å². The van der Waals surface area contributed by atoms with Crippen molar-refractivity contribution in [1.29, 1.82) is 0 Å². The van der Waals surface area contributed by atoms with Crippen LogP contribution in [0.3, 0.4) is 0 Å². The second kappa shape index (κ2) is 4.44. The molecular formula is C10H14N4O2. The Balaban J connectivity index is 1.88. The fourth-order valence-electron chi connectivity index (χ4n) is 1.52. The van der Waals surface area contributed by atoms with E-state index in [4.69, 9.17) is 5.11 Å². The molecule has 1 aliphatic heterocycles. The molecule has 0 saturated carbocycles. The number of likely N-dealkylation sites (tertiary alicyclic amines) is 1. The fraction of sp³-hybridized carbons (Fsp3) is 0.500. The smallest absolute Gasteiger partial charge is 0.242 e. The Morgan fingerprint density at radius 3 is 2.75 bits per heavy atom. The van der Waals surface area contributed by atoms with Crippen molar-refractivity contribution in [2.45, 2.75) is 6.10 Å². The second-order valence-corrected chi connectivity index (χ2v) is 3.86. The first-order chi connectivity index (χ1) is 7.66. The van der Waals surface area contributed by atoms with Crippen molar-refractivity contribution in [3.63, 3.8) is 0 Å². The van der Waals surface area contributed by atoms with E-state index in [2.05, 4.69) is 9.97 Å². The van der Waals surface area contributed by atoms with E-state index in [0.717, 1.165) is 0 Å². The average molecular weight is 222 g/mol. The summed E-state index contributed by atoms with van der Waals surface area (Å²) in [6.45, 7) is 1.10. The van der Waals surface area contributed by atoms with Crippen molar-refractivity contribution in [2.24, 2.45) is 0 Å². The van der Waals surface area contributed by atoms with Crippen LogP contribution in [0.5, 0.6) is 0 Å². The second-order valence-electron chi connectivity index (χ2n) is 3.86. The minimum absolute atomic E-state index is 0.0137. The van der Waals surface area contributed by atoms with E-state index in [9.17, 15) is 4.79 Å². The van der Waals surface area contributed by atoms with Gasteiger partial charge in [0.15, 0.2) is 0 Å². The van der Waals surface area contributed by atoms with Gasteiger partial charge in [-0.15, -0.1) is 0 Å². The van der Waals surface area contributed by atoms with E-state index >= 15 is 0 Å². The van der Waals surface area contributed by atoms with Crippen LogP contribution in [0.1, 0.15) is 0 Å². The molecule has 1 saturated heterocycles. The normalized spacial score (nSPS) is 15.8. The molecule has 16 heavy (non-hydrogen) atoms. The molecule has 2 heterocycles. The van der Waals surface area contributed by atoms with Crippen LogP contribution in [0, 0.1) is 0 Å². The Morgan fingerprint density at radius 2 is 2.19 bits per heavy atom. The van der Waals surface area contributed by atoms with E-state index in [1.165, 1.54) is 0 Å². The largest absolute Gasteiger partial charge is 0.389 e. The molecule has 1 aliphatic rings. The first kappa shape index (κ1) is 10.8. The quantitative estimate of drug-likeness (QED) is 0.719. The molecular weight excluding hydrogens is 208 g/mol. The van der Waals surface area contributed by atoms with Gasteiger partial charge >= 0.3 is 0 Å². The number of carbonyl (C=O) groups excluding carboxylic acids is 1. The average Bonchev–Trinajstić information content (AvgIpc) is 2.26. The Labute approximate surface area is 93.5 Å². The highest BCUT2D eigenvalue weighted by atomic mass is 16.3. The molecule has 6 nitrogen and oxygen atoms in total. The third kappa shape index (κ3) is 2.27. The molecule has 0 radical (unpaired) electrons. The third-order valence-electron chi connectivity index (χ3n) is 2.48. The standard InChI is InChI=1S/C10H14N4O2/c1-13(10-11-3-2-4-12-10)7-9(16)14-5-8(15)6-14/h2-4,8,15H,5-7H2,1H3. The number of nitrogens with zero attached hydrogens (tertiary/aromatic N) is 4. The molecule has 1 N–H and O–H groups in total. The number of carbonyl (C=O) groups is 1. The topological polar surface area (TPSA) is 69.6 Å². The summed E-state index contributed by atoms with van der Waals surface area (Å²) in [5, 5.41) is 9.09. The lowest BCUT2D eigenvalue weighted by Gasteiger charge is -2.36. The predicted molar refractivity (Wildman–Crippen MR) is 57.9 cm³/mol. The lowest BCUT2D eigenvalue weighted by molar-refractivity contribution is -0.139. The van der Waals surface area contributed by atoms with Gasteiger partial charge in [-0.25, -0.2) is 9.97 Å². The number of amides is 1. The Morgan fingerprint density at radius 1 is 1.56 bits per heavy atom. The molecule has 0 aliphatic carbocycles. The molecule has 1 amide bonds. The summed E-state index contributed by atoms with van der Waals surface area (Å²) in [6.07, 6.45) is 2.91. The van der Waals surface area contributed by atoms with Crippen LogP contribution in [0.15, 0.2) is 18.5 Å². The summed E-state index contributed by atoms with van der Waals surface area (Å²) in [5.74, 6) is 0.511. The van der Waals surface area contributed by atoms with E-state index in [1.54, 1.807) is 35.3 Å². The van der Waals surface area contributed by atoms with Gasteiger partial charge in [0.1, 0.15) is 0 Å². The molecule has 6 heteroatoms. The van der Waals surface area contributed by atoms with Crippen LogP contribution in [0.4, 0.5) is 5.95 Å². The summed E-state index contributed by atoms with van der Waals surface area (Å²) in [5.41, 5.74) is 0. The van der Waals surface area contributed by atoms with Crippen LogP contribution >= 0.6 is 0 Å². The Kier molecular flexibility index (Phi) is 3.00. The number of anilines is 1. The van der Waals surface area contributed by atoms with Crippen molar-refractivity contribution in [3.05, 3.63) is 18.5 Å². The zero-order chi connectivity index (χ0) is 11.5. The Bertz CT molecular complexity index is 364.